The van der Waals surface area contributed by atoms with E-state index in [1.54, 1.807) is 0 Å². The maximum atomic E-state index is 12.9. The molecule has 1 nitrogen and oxygen atoms in total. The third kappa shape index (κ3) is 2.36. The van der Waals surface area contributed by atoms with E-state index < -0.39 is 12.8 Å². The highest BCUT2D eigenvalue weighted by atomic mass is 19.1. The molecule has 0 radical (unpaired) electrons. The van der Waals surface area contributed by atoms with Crippen molar-refractivity contribution in [1.82, 2.24) is 0 Å². The van der Waals surface area contributed by atoms with Gasteiger partial charge in [0, 0.05) is 0 Å². The van der Waals surface area contributed by atoms with Crippen molar-refractivity contribution in [2.45, 2.75) is 6.17 Å². The minimum absolute atomic E-state index is 0.169. The van der Waals surface area contributed by atoms with E-state index in [0.717, 1.165) is 0 Å². The lowest BCUT2D eigenvalue weighted by atomic mass is 10.0. The Bertz CT molecular complexity index is 292. The zero-order valence-electron chi connectivity index (χ0n) is 7.00. The summed E-state index contributed by atoms with van der Waals surface area (Å²) in [6, 6.07) is 5.31. The van der Waals surface area contributed by atoms with Crippen LogP contribution in [-0.2, 0) is 0 Å². The molecule has 0 fully saturated rings. The van der Waals surface area contributed by atoms with Gasteiger partial charge in [0.2, 0.25) is 0 Å². The first-order valence-corrected chi connectivity index (χ1v) is 3.85. The fraction of sp³-hybridized carbons (Fsp3) is 0.200. The van der Waals surface area contributed by atoms with Crippen molar-refractivity contribution in [3.05, 3.63) is 42.2 Å². The third-order valence-corrected chi connectivity index (χ3v) is 1.75. The van der Waals surface area contributed by atoms with Crippen molar-refractivity contribution in [2.75, 3.05) is 6.61 Å². The molecule has 0 saturated carbocycles. The van der Waals surface area contributed by atoms with Crippen LogP contribution in [0.4, 0.5) is 8.78 Å². The Hall–Kier alpha value is -1.22. The molecule has 0 unspecified atom stereocenters. The summed E-state index contributed by atoms with van der Waals surface area (Å²) >= 11 is 0. The van der Waals surface area contributed by atoms with E-state index in [9.17, 15) is 8.78 Å². The molecule has 0 aliphatic heterocycles. The Morgan fingerprint density at radius 2 is 1.92 bits per heavy atom. The van der Waals surface area contributed by atoms with E-state index in [-0.39, 0.29) is 11.4 Å². The van der Waals surface area contributed by atoms with E-state index in [2.05, 4.69) is 6.58 Å². The normalized spacial score (nSPS) is 12.5. The minimum Gasteiger partial charge on any atom is -0.393 e. The zero-order chi connectivity index (χ0) is 9.84. The molecule has 0 saturated heterocycles. The Morgan fingerprint density at radius 3 is 2.38 bits per heavy atom. The van der Waals surface area contributed by atoms with Gasteiger partial charge in [-0.1, -0.05) is 18.7 Å². The van der Waals surface area contributed by atoms with Crippen molar-refractivity contribution in [3.63, 3.8) is 0 Å². The van der Waals surface area contributed by atoms with Crippen molar-refractivity contribution in [1.29, 1.82) is 0 Å². The quantitative estimate of drug-likeness (QED) is 0.763. The Labute approximate surface area is 75.3 Å². The fourth-order valence-corrected chi connectivity index (χ4v) is 0.955. The second kappa shape index (κ2) is 4.14. The Balaban J connectivity index is 2.83. The van der Waals surface area contributed by atoms with Gasteiger partial charge in [0.15, 0.2) is 0 Å². The van der Waals surface area contributed by atoms with E-state index in [4.69, 9.17) is 5.11 Å². The molecule has 0 heterocycles. The topological polar surface area (TPSA) is 20.2 Å². The molecule has 3 heteroatoms. The van der Waals surface area contributed by atoms with Crippen molar-refractivity contribution < 1.29 is 13.9 Å². The maximum Gasteiger partial charge on any atom is 0.148 e. The van der Waals surface area contributed by atoms with Gasteiger partial charge in [-0.3, -0.25) is 0 Å². The van der Waals surface area contributed by atoms with E-state index in [0.29, 0.717) is 5.56 Å². The zero-order valence-corrected chi connectivity index (χ0v) is 7.00. The summed E-state index contributed by atoms with van der Waals surface area (Å²) < 4.78 is 25.3. The highest BCUT2D eigenvalue weighted by Gasteiger charge is 2.10. The van der Waals surface area contributed by atoms with Gasteiger partial charge in [-0.05, 0) is 23.3 Å². The van der Waals surface area contributed by atoms with E-state index in [1.165, 1.54) is 24.3 Å². The predicted molar refractivity (Wildman–Crippen MR) is 47.4 cm³/mol. The van der Waals surface area contributed by atoms with Crippen LogP contribution in [0.3, 0.4) is 0 Å². The van der Waals surface area contributed by atoms with Crippen LogP contribution >= 0.6 is 0 Å². The molecule has 1 N–H and O–H groups in total. The SMILES string of the molecule is C=C(c1ccc(F)cc1)[C@@H](F)CO. The van der Waals surface area contributed by atoms with Crippen LogP contribution in [0.1, 0.15) is 5.56 Å². The minimum atomic E-state index is -1.48. The largest absolute Gasteiger partial charge is 0.393 e. The number of benzene rings is 1. The van der Waals surface area contributed by atoms with Gasteiger partial charge in [0.1, 0.15) is 12.0 Å². The average Bonchev–Trinajstić information content (AvgIpc) is 2.17. The van der Waals surface area contributed by atoms with Gasteiger partial charge < -0.3 is 5.11 Å². The molecule has 0 aliphatic rings. The molecule has 0 amide bonds. The molecule has 70 valence electrons. The summed E-state index contributed by atoms with van der Waals surface area (Å²) in [4.78, 5) is 0. The van der Waals surface area contributed by atoms with Crippen molar-refractivity contribution >= 4 is 5.57 Å². The fourth-order valence-electron chi connectivity index (χ4n) is 0.955. The molecular weight excluding hydrogens is 174 g/mol. The summed E-state index contributed by atoms with van der Waals surface area (Å²) in [7, 11) is 0. The first-order chi connectivity index (χ1) is 6.15. The molecule has 0 aromatic heterocycles. The van der Waals surface area contributed by atoms with E-state index >= 15 is 0 Å². The summed E-state index contributed by atoms with van der Waals surface area (Å²) in [6.07, 6.45) is -1.48. The maximum absolute atomic E-state index is 12.9. The van der Waals surface area contributed by atoms with Crippen LogP contribution in [0.5, 0.6) is 0 Å². The lowest BCUT2D eigenvalue weighted by Gasteiger charge is -2.08. The summed E-state index contributed by atoms with van der Waals surface area (Å²) in [5, 5.41) is 8.51. The second-order valence-corrected chi connectivity index (χ2v) is 2.68. The highest BCUT2D eigenvalue weighted by molar-refractivity contribution is 5.66. The van der Waals surface area contributed by atoms with Gasteiger partial charge in [0.25, 0.3) is 0 Å². The lowest BCUT2D eigenvalue weighted by molar-refractivity contribution is 0.215. The van der Waals surface area contributed by atoms with E-state index in [1.807, 2.05) is 0 Å². The summed E-state index contributed by atoms with van der Waals surface area (Å²) in [5.74, 6) is -0.379. The smallest absolute Gasteiger partial charge is 0.148 e. The van der Waals surface area contributed by atoms with Gasteiger partial charge in [-0.15, -0.1) is 0 Å². The number of aliphatic hydroxyl groups is 1. The molecule has 1 atom stereocenters. The molecular formula is C10H10F2O. The average molecular weight is 184 g/mol. The third-order valence-electron chi connectivity index (χ3n) is 1.75. The number of hydrogen-bond donors (Lipinski definition) is 1. The standard InChI is InChI=1S/C10H10F2O/c1-7(10(12)6-13)8-2-4-9(11)5-3-8/h2-5,10,13H,1,6H2/t10-/m0/s1. The monoisotopic (exact) mass is 184 g/mol. The molecule has 0 aliphatic carbocycles. The number of hydrogen-bond acceptors (Lipinski definition) is 1. The number of rotatable bonds is 3. The van der Waals surface area contributed by atoms with Crippen LogP contribution in [0.2, 0.25) is 0 Å². The number of aliphatic hydroxyl groups excluding tert-OH is 1. The Morgan fingerprint density at radius 1 is 1.38 bits per heavy atom. The van der Waals surface area contributed by atoms with Crippen LogP contribution in [0.25, 0.3) is 5.57 Å². The van der Waals surface area contributed by atoms with Crippen LogP contribution in [0.15, 0.2) is 30.8 Å². The predicted octanol–water partition coefficient (Wildman–Crippen LogP) is 2.17. The van der Waals surface area contributed by atoms with Gasteiger partial charge in [-0.25, -0.2) is 8.78 Å². The Kier molecular flexibility index (Phi) is 3.14. The van der Waals surface area contributed by atoms with Crippen LogP contribution in [0, 0.1) is 5.82 Å². The van der Waals surface area contributed by atoms with Crippen LogP contribution in [-0.4, -0.2) is 17.9 Å². The lowest BCUT2D eigenvalue weighted by Crippen LogP contribution is -2.07. The molecule has 1 aromatic rings. The molecule has 13 heavy (non-hydrogen) atoms. The first kappa shape index (κ1) is 9.86. The summed E-state index contributed by atoms with van der Waals surface area (Å²) in [6.45, 7) is 2.87. The van der Waals surface area contributed by atoms with Crippen molar-refractivity contribution in [3.8, 4) is 0 Å². The highest BCUT2D eigenvalue weighted by Crippen LogP contribution is 2.18. The molecule has 1 aromatic carbocycles. The van der Waals surface area contributed by atoms with Gasteiger partial charge in [-0.2, -0.15) is 0 Å². The number of alkyl halides is 1. The van der Waals surface area contributed by atoms with Crippen LogP contribution < -0.4 is 0 Å². The first-order valence-electron chi connectivity index (χ1n) is 3.85. The molecule has 0 bridgehead atoms. The molecule has 1 rings (SSSR count). The summed E-state index contributed by atoms with van der Waals surface area (Å²) in [5.41, 5.74) is 0.672. The van der Waals surface area contributed by atoms with Gasteiger partial charge >= 0.3 is 0 Å². The molecule has 0 spiro atoms. The van der Waals surface area contributed by atoms with Gasteiger partial charge in [0.05, 0.1) is 6.61 Å². The van der Waals surface area contributed by atoms with Crippen molar-refractivity contribution in [2.24, 2.45) is 0 Å². The second-order valence-electron chi connectivity index (χ2n) is 2.68. The number of halogens is 2.